The third kappa shape index (κ3) is 2.85. The van der Waals surface area contributed by atoms with Crippen LogP contribution in [-0.4, -0.2) is 23.9 Å². The molecule has 1 atom stereocenters. The molecule has 108 valence electrons. The summed E-state index contributed by atoms with van der Waals surface area (Å²) < 4.78 is 7.37. The lowest BCUT2D eigenvalue weighted by atomic mass is 10.1. The normalized spacial score (nSPS) is 12.4. The number of ether oxygens (including phenoxy) is 1. The van der Waals surface area contributed by atoms with Gasteiger partial charge in [-0.15, -0.1) is 0 Å². The Kier molecular flexibility index (Phi) is 4.45. The fourth-order valence-corrected chi connectivity index (χ4v) is 2.36. The molecule has 20 heavy (non-hydrogen) atoms. The van der Waals surface area contributed by atoms with Crippen LogP contribution in [0.1, 0.15) is 28.6 Å². The summed E-state index contributed by atoms with van der Waals surface area (Å²) in [6.07, 6.45) is 0. The van der Waals surface area contributed by atoms with Crippen LogP contribution in [0.15, 0.2) is 24.3 Å². The van der Waals surface area contributed by atoms with Crippen LogP contribution in [0.4, 0.5) is 0 Å². The molecule has 0 radical (unpaired) electrons. The minimum atomic E-state index is 0.211. The number of likely N-dealkylation sites (N-methyl/N-ethyl adjacent to an activating group) is 1. The molecule has 0 amide bonds. The maximum atomic E-state index is 5.30. The van der Waals surface area contributed by atoms with Gasteiger partial charge in [0.25, 0.3) is 0 Å². The van der Waals surface area contributed by atoms with E-state index in [1.807, 2.05) is 19.2 Å². The summed E-state index contributed by atoms with van der Waals surface area (Å²) in [5, 5.41) is 7.97. The van der Waals surface area contributed by atoms with Gasteiger partial charge in [0.05, 0.1) is 25.4 Å². The van der Waals surface area contributed by atoms with E-state index in [2.05, 4.69) is 48.0 Å². The maximum absolute atomic E-state index is 5.30. The Morgan fingerprint density at radius 3 is 2.60 bits per heavy atom. The molecule has 0 saturated carbocycles. The number of aromatic nitrogens is 2. The Labute approximate surface area is 120 Å². The zero-order valence-electron chi connectivity index (χ0n) is 12.9. The standard InChI is InChI=1S/C16H23N3O/c1-11-12(2)18-19(13(11)3)10-16(17-4)14-7-6-8-15(9-14)20-5/h6-9,16-17H,10H2,1-5H3. The van der Waals surface area contributed by atoms with Crippen LogP contribution in [0.2, 0.25) is 0 Å². The van der Waals surface area contributed by atoms with Crippen molar-refractivity contribution in [2.75, 3.05) is 14.2 Å². The summed E-state index contributed by atoms with van der Waals surface area (Å²) in [7, 11) is 3.67. The van der Waals surface area contributed by atoms with E-state index in [-0.39, 0.29) is 6.04 Å². The first kappa shape index (κ1) is 14.6. The smallest absolute Gasteiger partial charge is 0.119 e. The molecular weight excluding hydrogens is 250 g/mol. The van der Waals surface area contributed by atoms with E-state index < -0.39 is 0 Å². The number of nitrogens with one attached hydrogen (secondary N) is 1. The second-order valence-corrected chi connectivity index (χ2v) is 5.10. The molecule has 0 fully saturated rings. The Bertz CT molecular complexity index is 589. The average molecular weight is 273 g/mol. The lowest BCUT2D eigenvalue weighted by Crippen LogP contribution is -2.23. The predicted octanol–water partition coefficient (Wildman–Crippen LogP) is 2.78. The number of rotatable bonds is 5. The van der Waals surface area contributed by atoms with E-state index in [1.54, 1.807) is 7.11 Å². The van der Waals surface area contributed by atoms with E-state index in [9.17, 15) is 0 Å². The first-order valence-corrected chi connectivity index (χ1v) is 6.88. The highest BCUT2D eigenvalue weighted by molar-refractivity contribution is 5.31. The molecule has 1 heterocycles. The molecule has 4 nitrogen and oxygen atoms in total. The van der Waals surface area contributed by atoms with Crippen molar-refractivity contribution in [1.82, 2.24) is 15.1 Å². The first-order chi connectivity index (χ1) is 9.56. The highest BCUT2D eigenvalue weighted by atomic mass is 16.5. The summed E-state index contributed by atoms with van der Waals surface area (Å²) in [4.78, 5) is 0. The minimum Gasteiger partial charge on any atom is -0.497 e. The van der Waals surface area contributed by atoms with Gasteiger partial charge in [-0.1, -0.05) is 12.1 Å². The third-order valence-electron chi connectivity index (χ3n) is 3.94. The lowest BCUT2D eigenvalue weighted by Gasteiger charge is -2.18. The summed E-state index contributed by atoms with van der Waals surface area (Å²) in [6, 6.07) is 8.37. The molecular formula is C16H23N3O. The number of aryl methyl sites for hydroxylation is 1. The van der Waals surface area contributed by atoms with Gasteiger partial charge < -0.3 is 10.1 Å². The van der Waals surface area contributed by atoms with E-state index in [0.29, 0.717) is 0 Å². The Morgan fingerprint density at radius 2 is 2.05 bits per heavy atom. The number of nitrogens with zero attached hydrogens (tertiary/aromatic N) is 2. The molecule has 4 heteroatoms. The quantitative estimate of drug-likeness (QED) is 0.910. The van der Waals surface area contributed by atoms with Crippen LogP contribution in [0.3, 0.4) is 0 Å². The van der Waals surface area contributed by atoms with Crippen molar-refractivity contribution < 1.29 is 4.74 Å². The van der Waals surface area contributed by atoms with Gasteiger partial charge in [0.1, 0.15) is 5.75 Å². The topological polar surface area (TPSA) is 39.1 Å². The Morgan fingerprint density at radius 1 is 1.30 bits per heavy atom. The maximum Gasteiger partial charge on any atom is 0.119 e. The summed E-state index contributed by atoms with van der Waals surface area (Å²) in [6.45, 7) is 7.10. The molecule has 1 aromatic carbocycles. The van der Waals surface area contributed by atoms with Crippen molar-refractivity contribution in [2.24, 2.45) is 0 Å². The van der Waals surface area contributed by atoms with Gasteiger partial charge in [0, 0.05) is 5.69 Å². The minimum absolute atomic E-state index is 0.211. The first-order valence-electron chi connectivity index (χ1n) is 6.88. The molecule has 0 spiro atoms. The highest BCUT2D eigenvalue weighted by Crippen LogP contribution is 2.21. The van der Waals surface area contributed by atoms with Crippen molar-refractivity contribution in [3.63, 3.8) is 0 Å². The van der Waals surface area contributed by atoms with Gasteiger partial charge in [-0.3, -0.25) is 4.68 Å². The van der Waals surface area contributed by atoms with Crippen LogP contribution in [0.25, 0.3) is 0 Å². The van der Waals surface area contributed by atoms with Crippen molar-refractivity contribution in [3.05, 3.63) is 46.8 Å². The molecule has 0 bridgehead atoms. The Hall–Kier alpha value is -1.81. The summed E-state index contributed by atoms with van der Waals surface area (Å²) in [5.41, 5.74) is 4.80. The van der Waals surface area contributed by atoms with Crippen molar-refractivity contribution in [3.8, 4) is 5.75 Å². The zero-order chi connectivity index (χ0) is 14.7. The van der Waals surface area contributed by atoms with Crippen LogP contribution in [0, 0.1) is 20.8 Å². The fraction of sp³-hybridized carbons (Fsp3) is 0.438. The van der Waals surface area contributed by atoms with Gasteiger partial charge in [-0.05, 0) is 51.1 Å². The van der Waals surface area contributed by atoms with Crippen molar-refractivity contribution in [2.45, 2.75) is 33.4 Å². The molecule has 0 aliphatic rings. The fourth-order valence-electron chi connectivity index (χ4n) is 2.36. The van der Waals surface area contributed by atoms with Crippen LogP contribution < -0.4 is 10.1 Å². The van der Waals surface area contributed by atoms with Gasteiger partial charge >= 0.3 is 0 Å². The van der Waals surface area contributed by atoms with Crippen molar-refractivity contribution in [1.29, 1.82) is 0 Å². The van der Waals surface area contributed by atoms with E-state index >= 15 is 0 Å². The van der Waals surface area contributed by atoms with Gasteiger partial charge in [-0.25, -0.2) is 0 Å². The number of hydrogen-bond donors (Lipinski definition) is 1. The number of methoxy groups -OCH3 is 1. The largest absolute Gasteiger partial charge is 0.497 e. The van der Waals surface area contributed by atoms with Gasteiger partial charge in [0.2, 0.25) is 0 Å². The number of hydrogen-bond acceptors (Lipinski definition) is 3. The average Bonchev–Trinajstić information content (AvgIpc) is 2.72. The van der Waals surface area contributed by atoms with Crippen LogP contribution in [-0.2, 0) is 6.54 Å². The van der Waals surface area contributed by atoms with E-state index in [0.717, 1.165) is 18.0 Å². The molecule has 2 aromatic rings. The summed E-state index contributed by atoms with van der Waals surface area (Å²) >= 11 is 0. The van der Waals surface area contributed by atoms with Crippen LogP contribution >= 0.6 is 0 Å². The third-order valence-corrected chi connectivity index (χ3v) is 3.94. The Balaban J connectivity index is 2.26. The van der Waals surface area contributed by atoms with Crippen LogP contribution in [0.5, 0.6) is 5.75 Å². The van der Waals surface area contributed by atoms with Gasteiger partial charge in [0.15, 0.2) is 0 Å². The van der Waals surface area contributed by atoms with E-state index in [1.165, 1.54) is 16.8 Å². The van der Waals surface area contributed by atoms with Crippen molar-refractivity contribution >= 4 is 0 Å². The molecule has 0 aliphatic heterocycles. The summed E-state index contributed by atoms with van der Waals surface area (Å²) in [5.74, 6) is 0.882. The van der Waals surface area contributed by atoms with E-state index in [4.69, 9.17) is 4.74 Å². The second-order valence-electron chi connectivity index (χ2n) is 5.10. The lowest BCUT2D eigenvalue weighted by molar-refractivity contribution is 0.410. The predicted molar refractivity (Wildman–Crippen MR) is 81.2 cm³/mol. The molecule has 0 aliphatic carbocycles. The monoisotopic (exact) mass is 273 g/mol. The molecule has 1 aromatic heterocycles. The molecule has 1 unspecified atom stereocenters. The molecule has 1 N–H and O–H groups in total. The zero-order valence-corrected chi connectivity index (χ0v) is 12.9. The molecule has 2 rings (SSSR count). The highest BCUT2D eigenvalue weighted by Gasteiger charge is 2.14. The second kappa shape index (κ2) is 6.09. The molecule has 0 saturated heterocycles. The van der Waals surface area contributed by atoms with Gasteiger partial charge in [-0.2, -0.15) is 5.10 Å². The number of benzene rings is 1. The SMILES string of the molecule is CNC(Cn1nc(C)c(C)c1C)c1cccc(OC)c1.